The zero-order valence-electron chi connectivity index (χ0n) is 16.7. The molecule has 1 saturated heterocycles. The Morgan fingerprint density at radius 1 is 1.06 bits per heavy atom. The number of nitrogens with one attached hydrogen (secondary N) is 1. The van der Waals surface area contributed by atoms with Crippen LogP contribution in [0.15, 0.2) is 59.9 Å². The van der Waals surface area contributed by atoms with E-state index in [4.69, 9.17) is 11.6 Å². The van der Waals surface area contributed by atoms with E-state index in [-0.39, 0.29) is 15.5 Å². The third-order valence-electron chi connectivity index (χ3n) is 5.12. The number of carbonyl (C=O) groups excluding carboxylic acids is 1. The van der Waals surface area contributed by atoms with Crippen molar-refractivity contribution in [2.24, 2.45) is 0 Å². The summed E-state index contributed by atoms with van der Waals surface area (Å²) in [6, 6.07) is 9.50. The van der Waals surface area contributed by atoms with Crippen LogP contribution in [-0.2, 0) is 10.0 Å². The Balaban J connectivity index is 1.54. The molecular formula is C21H22ClN5O3S. The first kappa shape index (κ1) is 21.5. The van der Waals surface area contributed by atoms with E-state index in [1.807, 2.05) is 0 Å². The second-order valence-electron chi connectivity index (χ2n) is 7.27. The van der Waals surface area contributed by atoms with E-state index < -0.39 is 15.9 Å². The van der Waals surface area contributed by atoms with Crippen molar-refractivity contribution in [3.8, 4) is 5.82 Å². The Morgan fingerprint density at radius 3 is 2.48 bits per heavy atom. The van der Waals surface area contributed by atoms with E-state index in [0.717, 1.165) is 25.7 Å². The third kappa shape index (κ3) is 4.79. The molecule has 1 aliphatic heterocycles. The van der Waals surface area contributed by atoms with Gasteiger partial charge < -0.3 is 5.32 Å². The summed E-state index contributed by atoms with van der Waals surface area (Å²) in [6.07, 6.45) is 8.58. The molecule has 3 aromatic rings. The van der Waals surface area contributed by atoms with Crippen LogP contribution in [0.25, 0.3) is 5.82 Å². The predicted molar refractivity (Wildman–Crippen MR) is 118 cm³/mol. The number of carbonyl (C=O) groups is 1. The summed E-state index contributed by atoms with van der Waals surface area (Å²) in [5, 5.41) is 6.94. The monoisotopic (exact) mass is 459 g/mol. The molecule has 0 saturated carbocycles. The summed E-state index contributed by atoms with van der Waals surface area (Å²) in [5.41, 5.74) is 0.682. The van der Waals surface area contributed by atoms with Gasteiger partial charge in [0.1, 0.15) is 4.90 Å². The molecule has 10 heteroatoms. The Bertz CT molecular complexity index is 1160. The molecule has 1 aliphatic rings. The van der Waals surface area contributed by atoms with Crippen LogP contribution in [0.4, 0.5) is 5.69 Å². The number of rotatable bonds is 5. The van der Waals surface area contributed by atoms with Gasteiger partial charge in [0.05, 0.1) is 16.9 Å². The maximum atomic E-state index is 13.1. The van der Waals surface area contributed by atoms with Crippen LogP contribution in [0.2, 0.25) is 5.02 Å². The van der Waals surface area contributed by atoms with E-state index >= 15 is 0 Å². The number of hydrogen-bond donors (Lipinski definition) is 1. The predicted octanol–water partition coefficient (Wildman–Crippen LogP) is 3.74. The summed E-state index contributed by atoms with van der Waals surface area (Å²) in [6.45, 7) is 0.923. The number of anilines is 1. The lowest BCUT2D eigenvalue weighted by Crippen LogP contribution is -2.32. The normalized spacial score (nSPS) is 15.4. The van der Waals surface area contributed by atoms with Gasteiger partial charge in [-0.1, -0.05) is 24.4 Å². The minimum Gasteiger partial charge on any atom is -0.321 e. The summed E-state index contributed by atoms with van der Waals surface area (Å²) >= 11 is 6.22. The summed E-state index contributed by atoms with van der Waals surface area (Å²) in [7, 11) is -3.78. The highest BCUT2D eigenvalue weighted by atomic mass is 35.5. The highest BCUT2D eigenvalue weighted by molar-refractivity contribution is 7.89. The van der Waals surface area contributed by atoms with E-state index in [9.17, 15) is 13.2 Å². The fourth-order valence-corrected chi connectivity index (χ4v) is 5.48. The van der Waals surface area contributed by atoms with E-state index in [1.54, 1.807) is 35.3 Å². The molecule has 0 radical (unpaired) electrons. The maximum absolute atomic E-state index is 13.1. The van der Waals surface area contributed by atoms with Crippen LogP contribution in [0.3, 0.4) is 0 Å². The lowest BCUT2D eigenvalue weighted by Gasteiger charge is -2.21. The number of nitrogens with zero attached hydrogens (tertiary/aromatic N) is 4. The van der Waals surface area contributed by atoms with Crippen LogP contribution in [-0.4, -0.2) is 46.5 Å². The molecule has 31 heavy (non-hydrogen) atoms. The molecule has 0 unspecified atom stereocenters. The molecule has 8 nitrogen and oxygen atoms in total. The molecular weight excluding hydrogens is 438 g/mol. The zero-order valence-corrected chi connectivity index (χ0v) is 18.3. The van der Waals surface area contributed by atoms with Crippen molar-refractivity contribution >= 4 is 33.2 Å². The van der Waals surface area contributed by atoms with E-state index in [0.29, 0.717) is 24.6 Å². The SMILES string of the molecule is O=C(Nc1ccc(-n2cccn2)nc1)c1ccc(Cl)c(S(=O)(=O)N2CCCCCC2)c1. The second kappa shape index (κ2) is 9.17. The van der Waals surface area contributed by atoms with Crippen LogP contribution in [0.1, 0.15) is 36.0 Å². The minimum atomic E-state index is -3.78. The maximum Gasteiger partial charge on any atom is 0.255 e. The second-order valence-corrected chi connectivity index (χ2v) is 9.59. The number of halogens is 1. The van der Waals surface area contributed by atoms with Crippen molar-refractivity contribution in [2.45, 2.75) is 30.6 Å². The van der Waals surface area contributed by atoms with Crippen molar-refractivity contribution in [1.82, 2.24) is 19.1 Å². The smallest absolute Gasteiger partial charge is 0.255 e. The highest BCUT2D eigenvalue weighted by Crippen LogP contribution is 2.28. The van der Waals surface area contributed by atoms with Crippen molar-refractivity contribution < 1.29 is 13.2 Å². The summed E-state index contributed by atoms with van der Waals surface area (Å²) in [5.74, 6) is 0.165. The lowest BCUT2D eigenvalue weighted by atomic mass is 10.2. The molecule has 0 atom stereocenters. The Hall–Kier alpha value is -2.75. The number of hydrogen-bond acceptors (Lipinski definition) is 5. The van der Waals surface area contributed by atoms with Crippen LogP contribution in [0.5, 0.6) is 0 Å². The average Bonchev–Trinajstić information content (AvgIpc) is 3.16. The van der Waals surface area contributed by atoms with Crippen LogP contribution < -0.4 is 5.32 Å². The van der Waals surface area contributed by atoms with Gasteiger partial charge in [-0.15, -0.1) is 0 Å². The van der Waals surface area contributed by atoms with Gasteiger partial charge >= 0.3 is 0 Å². The highest BCUT2D eigenvalue weighted by Gasteiger charge is 2.28. The quantitative estimate of drug-likeness (QED) is 0.626. The molecule has 1 N–H and O–H groups in total. The largest absolute Gasteiger partial charge is 0.321 e. The molecule has 0 aliphatic carbocycles. The van der Waals surface area contributed by atoms with Crippen molar-refractivity contribution in [3.63, 3.8) is 0 Å². The molecule has 0 spiro atoms. The first-order valence-electron chi connectivity index (χ1n) is 10.0. The Labute approximate surface area is 185 Å². The standard InChI is InChI=1S/C21H22ClN5O3S/c22-18-8-6-16(14-19(18)31(29,30)26-11-3-1-2-4-12-26)21(28)25-17-7-9-20(23-15-17)27-13-5-10-24-27/h5-10,13-15H,1-4,11-12H2,(H,25,28). The Morgan fingerprint density at radius 2 is 1.84 bits per heavy atom. The fourth-order valence-electron chi connectivity index (χ4n) is 3.47. The van der Waals surface area contributed by atoms with Gasteiger partial charge in [0, 0.05) is 31.0 Å². The van der Waals surface area contributed by atoms with Crippen molar-refractivity contribution in [3.05, 3.63) is 65.6 Å². The molecule has 2 aromatic heterocycles. The molecule has 0 bridgehead atoms. The van der Waals surface area contributed by atoms with Crippen molar-refractivity contribution in [2.75, 3.05) is 18.4 Å². The molecule has 3 heterocycles. The average molecular weight is 460 g/mol. The lowest BCUT2D eigenvalue weighted by molar-refractivity contribution is 0.102. The molecule has 162 valence electrons. The minimum absolute atomic E-state index is 0.0455. The fraction of sp³-hybridized carbons (Fsp3) is 0.286. The number of pyridine rings is 1. The van der Waals surface area contributed by atoms with Crippen LogP contribution >= 0.6 is 11.6 Å². The summed E-state index contributed by atoms with van der Waals surface area (Å²) < 4.78 is 29.3. The van der Waals surface area contributed by atoms with Gasteiger partial charge in [0.25, 0.3) is 5.91 Å². The Kier molecular flexibility index (Phi) is 6.35. The van der Waals surface area contributed by atoms with Gasteiger partial charge in [-0.3, -0.25) is 4.79 Å². The number of amides is 1. The summed E-state index contributed by atoms with van der Waals surface area (Å²) in [4.78, 5) is 17.0. The zero-order chi connectivity index (χ0) is 21.8. The number of benzene rings is 1. The van der Waals surface area contributed by atoms with Gasteiger partial charge in [-0.05, 0) is 49.2 Å². The van der Waals surface area contributed by atoms with E-state index in [1.165, 1.54) is 28.7 Å². The van der Waals surface area contributed by atoms with Gasteiger partial charge in [-0.25, -0.2) is 18.1 Å². The van der Waals surface area contributed by atoms with Gasteiger partial charge in [-0.2, -0.15) is 9.40 Å². The molecule has 1 fully saturated rings. The van der Waals surface area contributed by atoms with Gasteiger partial charge in [0.2, 0.25) is 10.0 Å². The molecule has 1 amide bonds. The van der Waals surface area contributed by atoms with Crippen LogP contribution in [0, 0.1) is 0 Å². The topological polar surface area (TPSA) is 97.2 Å². The molecule has 1 aromatic carbocycles. The number of aromatic nitrogens is 3. The van der Waals surface area contributed by atoms with Gasteiger partial charge in [0.15, 0.2) is 5.82 Å². The van der Waals surface area contributed by atoms with Crippen molar-refractivity contribution in [1.29, 1.82) is 0 Å². The van der Waals surface area contributed by atoms with E-state index in [2.05, 4.69) is 15.4 Å². The third-order valence-corrected chi connectivity index (χ3v) is 7.50. The molecule has 4 rings (SSSR count). The first-order chi connectivity index (χ1) is 14.9. The number of sulfonamides is 1. The first-order valence-corrected chi connectivity index (χ1v) is 11.8.